The van der Waals surface area contributed by atoms with Crippen molar-refractivity contribution in [2.45, 2.75) is 13.3 Å². The molecule has 0 heterocycles. The van der Waals surface area contributed by atoms with Crippen LogP contribution >= 0.6 is 22.6 Å². The third kappa shape index (κ3) is 7.94. The molecule has 0 amide bonds. The molecule has 0 N–H and O–H groups in total. The smallest absolute Gasteiger partial charge is 0.302 e. The predicted octanol–water partition coefficient (Wildman–Crippen LogP) is 1.89. The topological polar surface area (TPSA) is 26.3 Å². The predicted molar refractivity (Wildman–Crippen MR) is 44.4 cm³/mol. The molecule has 52 valence electrons. The van der Waals surface area contributed by atoms with Gasteiger partial charge in [-0.1, -0.05) is 6.58 Å². The van der Waals surface area contributed by atoms with Gasteiger partial charge < -0.3 is 4.74 Å². The average Bonchev–Trinajstić information content (AvgIpc) is 1.63. The Morgan fingerprint density at radius 1 is 1.78 bits per heavy atom. The number of carbonyl (C=O) groups excluding carboxylic acids is 1. The first-order chi connectivity index (χ1) is 4.13. The molecule has 0 aliphatic heterocycles. The highest BCUT2D eigenvalue weighted by Gasteiger charge is 1.91. The molecule has 0 fully saturated rings. The van der Waals surface area contributed by atoms with Gasteiger partial charge in [0, 0.05) is 13.3 Å². The molecule has 0 aromatic heterocycles. The van der Waals surface area contributed by atoms with Crippen molar-refractivity contribution in [2.75, 3.05) is 6.61 Å². The zero-order valence-corrected chi connectivity index (χ0v) is 7.47. The minimum atomic E-state index is -0.229. The van der Waals surface area contributed by atoms with Gasteiger partial charge >= 0.3 is 5.97 Å². The SMILES string of the molecule is C=C(I)CCOC(C)=O. The Bertz CT molecular complexity index is 106. The molecular formula is C6H9IO2. The monoisotopic (exact) mass is 240 g/mol. The highest BCUT2D eigenvalue weighted by atomic mass is 127. The Kier molecular flexibility index (Phi) is 4.75. The summed E-state index contributed by atoms with van der Waals surface area (Å²) in [4.78, 5) is 10.2. The van der Waals surface area contributed by atoms with Crippen LogP contribution in [0.4, 0.5) is 0 Å². The van der Waals surface area contributed by atoms with Crippen molar-refractivity contribution in [3.63, 3.8) is 0 Å². The van der Waals surface area contributed by atoms with Gasteiger partial charge in [0.1, 0.15) is 0 Å². The maximum atomic E-state index is 10.2. The summed E-state index contributed by atoms with van der Waals surface area (Å²) in [5, 5.41) is 0. The minimum absolute atomic E-state index is 0.229. The summed E-state index contributed by atoms with van der Waals surface area (Å²) < 4.78 is 5.66. The van der Waals surface area contributed by atoms with Gasteiger partial charge in [0.25, 0.3) is 0 Å². The normalized spacial score (nSPS) is 8.67. The van der Waals surface area contributed by atoms with E-state index in [9.17, 15) is 4.79 Å². The number of carbonyl (C=O) groups is 1. The van der Waals surface area contributed by atoms with E-state index in [0.29, 0.717) is 6.61 Å². The molecule has 0 saturated carbocycles. The van der Waals surface area contributed by atoms with Gasteiger partial charge in [0.05, 0.1) is 6.61 Å². The molecule has 2 nitrogen and oxygen atoms in total. The number of hydrogen-bond donors (Lipinski definition) is 0. The quantitative estimate of drug-likeness (QED) is 0.556. The summed E-state index contributed by atoms with van der Waals surface area (Å²) in [6.07, 6.45) is 0.750. The second kappa shape index (κ2) is 4.78. The molecular weight excluding hydrogens is 231 g/mol. The molecule has 9 heavy (non-hydrogen) atoms. The second-order valence-corrected chi connectivity index (χ2v) is 3.13. The third-order valence-electron chi connectivity index (χ3n) is 0.679. The van der Waals surface area contributed by atoms with Crippen LogP contribution in [0.1, 0.15) is 13.3 Å². The van der Waals surface area contributed by atoms with E-state index in [1.165, 1.54) is 6.92 Å². The van der Waals surface area contributed by atoms with Gasteiger partial charge in [-0.3, -0.25) is 4.79 Å². The summed E-state index contributed by atoms with van der Waals surface area (Å²) in [5.74, 6) is -0.229. The molecule has 0 atom stereocenters. The van der Waals surface area contributed by atoms with E-state index >= 15 is 0 Å². The van der Waals surface area contributed by atoms with Crippen molar-refractivity contribution in [2.24, 2.45) is 0 Å². The highest BCUT2D eigenvalue weighted by Crippen LogP contribution is 2.06. The number of rotatable bonds is 3. The van der Waals surface area contributed by atoms with Gasteiger partial charge in [-0.05, 0) is 26.2 Å². The second-order valence-electron chi connectivity index (χ2n) is 1.61. The van der Waals surface area contributed by atoms with E-state index in [4.69, 9.17) is 0 Å². The van der Waals surface area contributed by atoms with Crippen LogP contribution < -0.4 is 0 Å². The van der Waals surface area contributed by atoms with Crippen LogP contribution in [0.15, 0.2) is 10.2 Å². The maximum Gasteiger partial charge on any atom is 0.302 e. The number of ether oxygens (including phenoxy) is 1. The molecule has 0 saturated heterocycles. The molecule has 3 heteroatoms. The van der Waals surface area contributed by atoms with Crippen molar-refractivity contribution in [3.05, 3.63) is 10.2 Å². The van der Waals surface area contributed by atoms with Gasteiger partial charge in [-0.25, -0.2) is 0 Å². The Morgan fingerprint density at radius 2 is 2.33 bits per heavy atom. The standard InChI is InChI=1S/C6H9IO2/c1-5(7)3-4-9-6(2)8/h1,3-4H2,2H3. The van der Waals surface area contributed by atoms with Gasteiger partial charge in [0.2, 0.25) is 0 Å². The third-order valence-corrected chi connectivity index (χ3v) is 1.22. The Hall–Kier alpha value is -0.0600. The highest BCUT2D eigenvalue weighted by molar-refractivity contribution is 14.1. The van der Waals surface area contributed by atoms with Crippen molar-refractivity contribution in [3.8, 4) is 0 Å². The summed E-state index contributed by atoms with van der Waals surface area (Å²) in [5.41, 5.74) is 0. The maximum absolute atomic E-state index is 10.2. The summed E-state index contributed by atoms with van der Waals surface area (Å²) in [6.45, 7) is 5.50. The molecule has 0 aromatic rings. The fourth-order valence-electron chi connectivity index (χ4n) is 0.306. The van der Waals surface area contributed by atoms with Gasteiger partial charge in [0.15, 0.2) is 0 Å². The van der Waals surface area contributed by atoms with Gasteiger partial charge in [-0.15, -0.1) is 0 Å². The number of hydrogen-bond acceptors (Lipinski definition) is 2. The summed E-state index contributed by atoms with van der Waals surface area (Å²) >= 11 is 2.10. The first kappa shape index (κ1) is 8.94. The zero-order valence-electron chi connectivity index (χ0n) is 5.32. The Balaban J connectivity index is 3.10. The zero-order chi connectivity index (χ0) is 7.28. The van der Waals surface area contributed by atoms with E-state index in [1.807, 2.05) is 0 Å². The van der Waals surface area contributed by atoms with Gasteiger partial charge in [-0.2, -0.15) is 0 Å². The van der Waals surface area contributed by atoms with E-state index < -0.39 is 0 Å². The molecule has 0 radical (unpaired) electrons. The van der Waals surface area contributed by atoms with Crippen LogP contribution in [0.2, 0.25) is 0 Å². The van der Waals surface area contributed by atoms with E-state index in [-0.39, 0.29) is 5.97 Å². The first-order valence-electron chi connectivity index (χ1n) is 2.59. The van der Waals surface area contributed by atoms with Crippen LogP contribution in [0.5, 0.6) is 0 Å². The van der Waals surface area contributed by atoms with Crippen molar-refractivity contribution in [1.29, 1.82) is 0 Å². The first-order valence-corrected chi connectivity index (χ1v) is 3.67. The molecule has 0 unspecified atom stereocenters. The molecule has 0 spiro atoms. The van der Waals surface area contributed by atoms with E-state index in [2.05, 4.69) is 33.9 Å². The molecule has 0 aliphatic carbocycles. The Labute approximate surface area is 68.4 Å². The van der Waals surface area contributed by atoms with Crippen molar-refractivity contribution in [1.82, 2.24) is 0 Å². The Morgan fingerprint density at radius 3 is 2.67 bits per heavy atom. The summed E-state index contributed by atoms with van der Waals surface area (Å²) in [6, 6.07) is 0. The molecule has 0 aliphatic rings. The minimum Gasteiger partial charge on any atom is -0.466 e. The average molecular weight is 240 g/mol. The summed E-state index contributed by atoms with van der Waals surface area (Å²) in [7, 11) is 0. The lowest BCUT2D eigenvalue weighted by Crippen LogP contribution is -1.99. The van der Waals surface area contributed by atoms with Crippen LogP contribution in [0, 0.1) is 0 Å². The van der Waals surface area contributed by atoms with E-state index in [1.54, 1.807) is 0 Å². The van der Waals surface area contributed by atoms with Crippen molar-refractivity contribution >= 4 is 28.6 Å². The largest absolute Gasteiger partial charge is 0.466 e. The van der Waals surface area contributed by atoms with Crippen LogP contribution in [-0.4, -0.2) is 12.6 Å². The lowest BCUT2D eigenvalue weighted by atomic mass is 10.4. The fraction of sp³-hybridized carbons (Fsp3) is 0.500. The van der Waals surface area contributed by atoms with Crippen LogP contribution in [0.25, 0.3) is 0 Å². The molecule has 0 bridgehead atoms. The number of esters is 1. The molecule has 0 aromatic carbocycles. The van der Waals surface area contributed by atoms with Crippen molar-refractivity contribution < 1.29 is 9.53 Å². The lowest BCUT2D eigenvalue weighted by molar-refractivity contribution is -0.140. The van der Waals surface area contributed by atoms with Crippen LogP contribution in [-0.2, 0) is 9.53 Å². The van der Waals surface area contributed by atoms with E-state index in [0.717, 1.165) is 10.0 Å². The lowest BCUT2D eigenvalue weighted by Gasteiger charge is -1.97. The van der Waals surface area contributed by atoms with Crippen LogP contribution in [0.3, 0.4) is 0 Å². The molecule has 0 rings (SSSR count). The number of halogens is 1. The fourth-order valence-corrected chi connectivity index (χ4v) is 0.526.